The molecule has 3 aliphatic heterocycles. The molecule has 7 nitrogen and oxygen atoms in total. The Morgan fingerprint density at radius 2 is 1.94 bits per heavy atom. The number of rotatable bonds is 2. The third-order valence-electron chi connectivity index (χ3n) is 5.86. The molecule has 0 radical (unpaired) electrons. The molecule has 1 aromatic heterocycles. The molecule has 4 heterocycles. The molecule has 2 amide bonds. The van der Waals surface area contributed by atoms with Crippen molar-refractivity contribution >= 4 is 18.2 Å². The van der Waals surface area contributed by atoms with Crippen molar-refractivity contribution in [3.63, 3.8) is 0 Å². The number of fused-ring (bicyclic) bond motifs is 2. The number of pyridine rings is 1. The second kappa shape index (κ2) is 8.99. The van der Waals surface area contributed by atoms with Crippen molar-refractivity contribution in [2.75, 3.05) is 31.5 Å². The molecule has 3 aliphatic rings. The first kappa shape index (κ1) is 21.2. The number of nitrogens with zero attached hydrogens (tertiary/aromatic N) is 5. The van der Waals surface area contributed by atoms with Crippen molar-refractivity contribution in [3.05, 3.63) is 48.6 Å². The monoisotopic (exact) mass is 434 g/mol. The molecule has 31 heavy (non-hydrogen) atoms. The van der Waals surface area contributed by atoms with Gasteiger partial charge in [0.1, 0.15) is 18.0 Å². The first-order chi connectivity index (χ1) is 14.9. The minimum absolute atomic E-state index is 0.0404. The molecular weight excluding hydrogens is 409 g/mol. The number of hydrogen-bond acceptors (Lipinski definition) is 5. The van der Waals surface area contributed by atoms with E-state index in [1.54, 1.807) is 35.4 Å². The molecular formula is C21H25F3N6O. The maximum absolute atomic E-state index is 13.0. The van der Waals surface area contributed by atoms with E-state index in [4.69, 9.17) is 0 Å². The van der Waals surface area contributed by atoms with E-state index in [9.17, 15) is 18.0 Å². The van der Waals surface area contributed by atoms with E-state index in [2.05, 4.69) is 20.2 Å². The van der Waals surface area contributed by atoms with Crippen LogP contribution in [0.15, 0.2) is 53.6 Å². The van der Waals surface area contributed by atoms with E-state index < -0.39 is 12.1 Å². The summed E-state index contributed by atoms with van der Waals surface area (Å²) in [5, 5.41) is 2.79. The number of carbonyl (C=O) groups excluding carboxylic acids is 1. The van der Waals surface area contributed by atoms with Crippen molar-refractivity contribution in [1.29, 1.82) is 0 Å². The van der Waals surface area contributed by atoms with Gasteiger partial charge in [-0.2, -0.15) is 13.2 Å². The number of hydrogen-bond donors (Lipinski definition) is 1. The van der Waals surface area contributed by atoms with Crippen LogP contribution in [0, 0.1) is 5.92 Å². The lowest BCUT2D eigenvalue weighted by Crippen LogP contribution is -2.44. The highest BCUT2D eigenvalue weighted by Gasteiger charge is 2.41. The Morgan fingerprint density at radius 1 is 1.13 bits per heavy atom. The summed E-state index contributed by atoms with van der Waals surface area (Å²) in [4.78, 5) is 27.1. The molecule has 166 valence electrons. The van der Waals surface area contributed by atoms with Gasteiger partial charge in [0.25, 0.3) is 0 Å². The molecule has 2 fully saturated rings. The molecule has 2 bridgehead atoms. The number of halogens is 3. The van der Waals surface area contributed by atoms with Gasteiger partial charge in [-0.1, -0.05) is 6.07 Å². The number of anilines is 1. The van der Waals surface area contributed by atoms with Gasteiger partial charge in [-0.05, 0) is 49.7 Å². The topological polar surface area (TPSA) is 64.1 Å². The summed E-state index contributed by atoms with van der Waals surface area (Å²) >= 11 is 0. The molecule has 0 spiro atoms. The summed E-state index contributed by atoms with van der Waals surface area (Å²) in [5.74, 6) is -0.279. The van der Waals surface area contributed by atoms with Gasteiger partial charge in [0.2, 0.25) is 0 Å². The average Bonchev–Trinajstić information content (AvgIpc) is 3.20. The first-order valence-electron chi connectivity index (χ1n) is 10.4. The van der Waals surface area contributed by atoms with Crippen molar-refractivity contribution in [1.82, 2.24) is 19.7 Å². The lowest BCUT2D eigenvalue weighted by atomic mass is 9.96. The van der Waals surface area contributed by atoms with E-state index in [0.717, 1.165) is 13.0 Å². The average molecular weight is 434 g/mol. The zero-order valence-corrected chi connectivity index (χ0v) is 17.0. The molecule has 1 N–H and O–H groups in total. The lowest BCUT2D eigenvalue weighted by molar-refractivity contribution is -0.184. The number of likely N-dealkylation sites (tertiary alicyclic amines) is 1. The predicted octanol–water partition coefficient (Wildman–Crippen LogP) is 3.66. The fourth-order valence-electron chi connectivity index (χ4n) is 4.09. The van der Waals surface area contributed by atoms with Crippen molar-refractivity contribution in [3.8, 4) is 0 Å². The van der Waals surface area contributed by atoms with Crippen LogP contribution < -0.4 is 5.32 Å². The van der Waals surface area contributed by atoms with Gasteiger partial charge in [-0.25, -0.2) is 14.8 Å². The van der Waals surface area contributed by atoms with E-state index in [0.29, 0.717) is 18.2 Å². The molecule has 1 atom stereocenters. The number of urea groups is 1. The van der Waals surface area contributed by atoms with E-state index in [1.807, 2.05) is 17.2 Å². The highest BCUT2D eigenvalue weighted by molar-refractivity contribution is 5.96. The maximum atomic E-state index is 13.0. The van der Waals surface area contributed by atoms with Crippen molar-refractivity contribution in [2.45, 2.75) is 31.5 Å². The van der Waals surface area contributed by atoms with Crippen molar-refractivity contribution < 1.29 is 18.0 Å². The second-order valence-electron chi connectivity index (χ2n) is 7.90. The quantitative estimate of drug-likeness (QED) is 0.772. The standard InChI is InChI=1S/C21H25F3N6O/c22-21(23,24)16-6-12-29(13-7-16)19-5-3-10-28-11-8-17(14-28)30(15-26-19)20(31)27-18-4-1-2-9-25-18/h1-5,9-10,15-17H,6-8,11-14H2,(H,25,27,31)/t17-/m0/s1. The van der Waals surface area contributed by atoms with Crippen LogP contribution in [-0.4, -0.2) is 70.5 Å². The van der Waals surface area contributed by atoms with Crippen LogP contribution in [0.4, 0.5) is 23.8 Å². The number of allylic oxidation sites excluding steroid dienone is 2. The minimum Gasteiger partial charge on any atom is -0.375 e. The normalized spacial score (nSPS) is 22.5. The number of alkyl halides is 3. The third kappa shape index (κ3) is 5.18. The summed E-state index contributed by atoms with van der Waals surface area (Å²) in [6.07, 6.45) is 5.40. The Balaban J connectivity index is 1.51. The summed E-state index contributed by atoms with van der Waals surface area (Å²) < 4.78 is 39.0. The fraction of sp³-hybridized carbons (Fsp3) is 0.476. The fourth-order valence-corrected chi connectivity index (χ4v) is 4.09. The van der Waals surface area contributed by atoms with Gasteiger partial charge < -0.3 is 9.80 Å². The summed E-state index contributed by atoms with van der Waals surface area (Å²) in [5.41, 5.74) is 0. The van der Waals surface area contributed by atoms with Gasteiger partial charge in [0.05, 0.1) is 12.0 Å². The van der Waals surface area contributed by atoms with Crippen LogP contribution in [0.25, 0.3) is 0 Å². The molecule has 0 aromatic carbocycles. The Kier molecular flexibility index (Phi) is 6.15. The van der Waals surface area contributed by atoms with Crippen LogP contribution in [0.1, 0.15) is 19.3 Å². The molecule has 0 aliphatic carbocycles. The van der Waals surface area contributed by atoms with Crippen LogP contribution >= 0.6 is 0 Å². The Hall–Kier alpha value is -3.04. The lowest BCUT2D eigenvalue weighted by Gasteiger charge is -2.34. The van der Waals surface area contributed by atoms with Crippen LogP contribution in [0.3, 0.4) is 0 Å². The Labute approximate surface area is 178 Å². The van der Waals surface area contributed by atoms with Crippen LogP contribution in [0.5, 0.6) is 0 Å². The highest BCUT2D eigenvalue weighted by Crippen LogP contribution is 2.35. The predicted molar refractivity (Wildman–Crippen MR) is 111 cm³/mol. The van der Waals surface area contributed by atoms with E-state index in [1.165, 1.54) is 6.34 Å². The van der Waals surface area contributed by atoms with Crippen LogP contribution in [-0.2, 0) is 0 Å². The summed E-state index contributed by atoms with van der Waals surface area (Å²) in [6, 6.07) is 4.85. The summed E-state index contributed by atoms with van der Waals surface area (Å²) in [6.45, 7) is 2.03. The van der Waals surface area contributed by atoms with Gasteiger partial charge in [-0.15, -0.1) is 0 Å². The van der Waals surface area contributed by atoms with E-state index >= 15 is 0 Å². The SMILES string of the molecule is O=C(Nc1ccccn1)N1C=NC(N2CCC(C(F)(F)F)CC2)=CC=CN2CC[C@H]1C2. The number of carbonyl (C=O) groups is 1. The summed E-state index contributed by atoms with van der Waals surface area (Å²) in [7, 11) is 0. The van der Waals surface area contributed by atoms with Crippen molar-refractivity contribution in [2.24, 2.45) is 10.9 Å². The van der Waals surface area contributed by atoms with Gasteiger partial charge in [0, 0.05) is 32.4 Å². The van der Waals surface area contributed by atoms with E-state index in [-0.39, 0.29) is 38.0 Å². The zero-order chi connectivity index (χ0) is 21.8. The number of nitrogens with one attached hydrogen (secondary N) is 1. The molecule has 0 saturated carbocycles. The second-order valence-corrected chi connectivity index (χ2v) is 7.90. The van der Waals surface area contributed by atoms with Gasteiger partial charge in [-0.3, -0.25) is 10.2 Å². The van der Waals surface area contributed by atoms with Crippen LogP contribution in [0.2, 0.25) is 0 Å². The minimum atomic E-state index is -4.16. The largest absolute Gasteiger partial charge is 0.391 e. The molecule has 2 saturated heterocycles. The smallest absolute Gasteiger partial charge is 0.375 e. The van der Waals surface area contributed by atoms with Gasteiger partial charge >= 0.3 is 12.2 Å². The Morgan fingerprint density at radius 3 is 2.65 bits per heavy atom. The molecule has 1 aromatic rings. The number of piperidine rings is 1. The number of amides is 2. The molecule has 0 unspecified atom stereocenters. The highest BCUT2D eigenvalue weighted by atomic mass is 19.4. The van der Waals surface area contributed by atoms with Gasteiger partial charge in [0.15, 0.2) is 0 Å². The Bertz CT molecular complexity index is 862. The maximum Gasteiger partial charge on any atom is 0.391 e. The number of aromatic nitrogens is 1. The number of aliphatic imine (C=N–C) groups is 1. The first-order valence-corrected chi connectivity index (χ1v) is 10.4. The third-order valence-corrected chi connectivity index (χ3v) is 5.86. The molecule has 4 rings (SSSR count). The molecule has 10 heteroatoms. The zero-order valence-electron chi connectivity index (χ0n) is 17.0.